The van der Waals surface area contributed by atoms with Crippen LogP contribution < -0.4 is 9.47 Å². The maximum Gasteiger partial charge on any atom is 0.214 e. The first-order chi connectivity index (χ1) is 7.88. The van der Waals surface area contributed by atoms with E-state index >= 15 is 0 Å². The lowest BCUT2D eigenvalue weighted by molar-refractivity contribution is 0.293. The Balaban J connectivity index is 1.94. The van der Waals surface area contributed by atoms with Gasteiger partial charge in [0.05, 0.1) is 7.11 Å². The van der Waals surface area contributed by atoms with Crippen LogP contribution in [0.1, 0.15) is 5.56 Å². The molecule has 0 amide bonds. The van der Waals surface area contributed by atoms with E-state index in [9.17, 15) is 0 Å². The monoisotopic (exact) mass is 214 g/mol. The van der Waals surface area contributed by atoms with Crippen LogP contribution in [0.5, 0.6) is 11.6 Å². The second-order valence-electron chi connectivity index (χ2n) is 3.23. The summed E-state index contributed by atoms with van der Waals surface area (Å²) in [6, 6.07) is 14.1. The average Bonchev–Trinajstić information content (AvgIpc) is 2.38. The Morgan fingerprint density at radius 3 is 2.69 bits per heavy atom. The molecule has 0 aliphatic carbocycles. The standard InChI is InChI=1S/C13H12NO2/c1-15-12-7-5-11(6-8-12)10-16-13-4-2-3-9-14-13/h3-9H,10H2,1H3. The molecular weight excluding hydrogens is 202 g/mol. The summed E-state index contributed by atoms with van der Waals surface area (Å²) in [6.07, 6.45) is 1.66. The molecule has 1 aromatic carbocycles. The van der Waals surface area contributed by atoms with Crippen LogP contribution in [0.25, 0.3) is 0 Å². The van der Waals surface area contributed by atoms with E-state index in [-0.39, 0.29) is 0 Å². The molecule has 2 rings (SSSR count). The molecule has 1 aromatic heterocycles. The lowest BCUT2D eigenvalue weighted by atomic mass is 10.2. The Bertz CT molecular complexity index is 425. The maximum atomic E-state index is 5.48. The fraction of sp³-hybridized carbons (Fsp3) is 0.154. The van der Waals surface area contributed by atoms with Crippen molar-refractivity contribution >= 4 is 0 Å². The number of hydrogen-bond donors (Lipinski definition) is 0. The van der Waals surface area contributed by atoms with Crippen molar-refractivity contribution in [2.45, 2.75) is 6.61 Å². The molecule has 0 aliphatic heterocycles. The van der Waals surface area contributed by atoms with E-state index in [0.717, 1.165) is 11.3 Å². The minimum absolute atomic E-state index is 0.495. The molecule has 16 heavy (non-hydrogen) atoms. The topological polar surface area (TPSA) is 31.4 Å². The molecule has 3 heteroatoms. The van der Waals surface area contributed by atoms with Crippen LogP contribution in [-0.2, 0) is 6.61 Å². The van der Waals surface area contributed by atoms with Crippen molar-refractivity contribution in [3.8, 4) is 11.6 Å². The van der Waals surface area contributed by atoms with Gasteiger partial charge in [-0.1, -0.05) is 12.1 Å². The zero-order valence-corrected chi connectivity index (χ0v) is 9.01. The van der Waals surface area contributed by atoms with Gasteiger partial charge in [-0.25, -0.2) is 4.98 Å². The van der Waals surface area contributed by atoms with Gasteiger partial charge in [-0.15, -0.1) is 0 Å². The number of pyridine rings is 1. The van der Waals surface area contributed by atoms with E-state index in [1.807, 2.05) is 24.3 Å². The summed E-state index contributed by atoms with van der Waals surface area (Å²) < 4.78 is 10.6. The second kappa shape index (κ2) is 5.16. The molecular formula is C13H12NO2. The van der Waals surface area contributed by atoms with Gasteiger partial charge in [-0.2, -0.15) is 0 Å². The average molecular weight is 214 g/mol. The van der Waals surface area contributed by atoms with Crippen molar-refractivity contribution in [1.29, 1.82) is 0 Å². The van der Waals surface area contributed by atoms with Crippen molar-refractivity contribution < 1.29 is 9.47 Å². The van der Waals surface area contributed by atoms with Gasteiger partial charge in [-0.3, -0.25) is 0 Å². The summed E-state index contributed by atoms with van der Waals surface area (Å²) >= 11 is 0. The molecule has 0 atom stereocenters. The fourth-order valence-corrected chi connectivity index (χ4v) is 1.27. The third-order valence-electron chi connectivity index (χ3n) is 2.13. The molecule has 0 spiro atoms. The maximum absolute atomic E-state index is 5.48. The summed E-state index contributed by atoms with van der Waals surface area (Å²) in [6.45, 7) is 0.495. The summed E-state index contributed by atoms with van der Waals surface area (Å²) in [4.78, 5) is 4.05. The Morgan fingerprint density at radius 2 is 2.06 bits per heavy atom. The highest BCUT2D eigenvalue weighted by molar-refractivity contribution is 5.27. The van der Waals surface area contributed by atoms with Gasteiger partial charge in [0.2, 0.25) is 5.88 Å². The summed E-state index contributed by atoms with van der Waals surface area (Å²) in [5.74, 6) is 1.42. The van der Waals surface area contributed by atoms with Crippen LogP contribution in [0, 0.1) is 6.07 Å². The molecule has 81 valence electrons. The summed E-state index contributed by atoms with van der Waals surface area (Å²) in [7, 11) is 1.65. The quantitative estimate of drug-likeness (QED) is 0.783. The molecule has 1 radical (unpaired) electrons. The fourth-order valence-electron chi connectivity index (χ4n) is 1.27. The number of hydrogen-bond acceptors (Lipinski definition) is 3. The molecule has 0 unspecified atom stereocenters. The van der Waals surface area contributed by atoms with Crippen LogP contribution in [0.2, 0.25) is 0 Å². The number of nitrogens with zero attached hydrogens (tertiary/aromatic N) is 1. The number of rotatable bonds is 4. The molecule has 1 heterocycles. The summed E-state index contributed by atoms with van der Waals surface area (Å²) in [5.41, 5.74) is 1.08. The van der Waals surface area contributed by atoms with Crippen molar-refractivity contribution in [3.63, 3.8) is 0 Å². The van der Waals surface area contributed by atoms with Gasteiger partial charge in [0.25, 0.3) is 0 Å². The number of methoxy groups -OCH3 is 1. The molecule has 0 bridgehead atoms. The molecule has 0 fully saturated rings. The van der Waals surface area contributed by atoms with Crippen molar-refractivity contribution in [1.82, 2.24) is 4.98 Å². The molecule has 0 N–H and O–H groups in total. The Labute approximate surface area is 94.7 Å². The van der Waals surface area contributed by atoms with Gasteiger partial charge in [-0.05, 0) is 29.8 Å². The zero-order chi connectivity index (χ0) is 11.2. The van der Waals surface area contributed by atoms with Crippen LogP contribution in [0.3, 0.4) is 0 Å². The third-order valence-corrected chi connectivity index (χ3v) is 2.13. The molecule has 2 aromatic rings. The van der Waals surface area contributed by atoms with Crippen molar-refractivity contribution in [2.24, 2.45) is 0 Å². The van der Waals surface area contributed by atoms with Crippen LogP contribution >= 0.6 is 0 Å². The van der Waals surface area contributed by atoms with E-state index < -0.39 is 0 Å². The highest BCUT2D eigenvalue weighted by atomic mass is 16.5. The minimum atomic E-state index is 0.495. The van der Waals surface area contributed by atoms with Crippen molar-refractivity contribution in [3.05, 3.63) is 54.2 Å². The zero-order valence-electron chi connectivity index (χ0n) is 9.01. The van der Waals surface area contributed by atoms with Crippen LogP contribution in [0.15, 0.2) is 42.6 Å². The summed E-state index contributed by atoms with van der Waals surface area (Å²) in [5, 5.41) is 0. The van der Waals surface area contributed by atoms with E-state index in [0.29, 0.717) is 12.5 Å². The molecule has 0 saturated carbocycles. The first-order valence-corrected chi connectivity index (χ1v) is 4.96. The Morgan fingerprint density at radius 1 is 1.25 bits per heavy atom. The van der Waals surface area contributed by atoms with E-state index in [4.69, 9.17) is 9.47 Å². The second-order valence-corrected chi connectivity index (χ2v) is 3.23. The van der Waals surface area contributed by atoms with Crippen molar-refractivity contribution in [2.75, 3.05) is 7.11 Å². The van der Waals surface area contributed by atoms with Crippen LogP contribution in [-0.4, -0.2) is 12.1 Å². The minimum Gasteiger partial charge on any atom is -0.497 e. The lowest BCUT2D eigenvalue weighted by Crippen LogP contribution is -1.96. The predicted molar refractivity (Wildman–Crippen MR) is 60.4 cm³/mol. The third kappa shape index (κ3) is 2.73. The van der Waals surface area contributed by atoms with E-state index in [1.54, 1.807) is 25.4 Å². The van der Waals surface area contributed by atoms with Crippen LogP contribution in [0.4, 0.5) is 0 Å². The highest BCUT2D eigenvalue weighted by Gasteiger charge is 1.96. The largest absolute Gasteiger partial charge is 0.497 e. The normalized spacial score (nSPS) is 9.81. The Hall–Kier alpha value is -2.03. The lowest BCUT2D eigenvalue weighted by Gasteiger charge is -2.05. The smallest absolute Gasteiger partial charge is 0.214 e. The van der Waals surface area contributed by atoms with Gasteiger partial charge < -0.3 is 9.47 Å². The Kier molecular flexibility index (Phi) is 3.38. The number of ether oxygens (including phenoxy) is 2. The van der Waals surface area contributed by atoms with Gasteiger partial charge in [0.15, 0.2) is 0 Å². The van der Waals surface area contributed by atoms with E-state index in [1.165, 1.54) is 0 Å². The number of benzene rings is 1. The molecule has 0 saturated heterocycles. The van der Waals surface area contributed by atoms with Gasteiger partial charge >= 0.3 is 0 Å². The van der Waals surface area contributed by atoms with Gasteiger partial charge in [0, 0.05) is 12.3 Å². The first-order valence-electron chi connectivity index (χ1n) is 4.96. The SMILES string of the molecule is COc1ccc(COc2c[c]ccn2)cc1. The first kappa shape index (κ1) is 10.5. The highest BCUT2D eigenvalue weighted by Crippen LogP contribution is 2.13. The number of aromatic nitrogens is 1. The van der Waals surface area contributed by atoms with Gasteiger partial charge in [0.1, 0.15) is 12.4 Å². The predicted octanol–water partition coefficient (Wildman–Crippen LogP) is 2.47. The molecule has 3 nitrogen and oxygen atoms in total. The molecule has 0 aliphatic rings. The van der Waals surface area contributed by atoms with E-state index in [2.05, 4.69) is 11.1 Å².